The van der Waals surface area contributed by atoms with Crippen molar-refractivity contribution in [1.29, 1.82) is 0 Å². The number of alkyl carbamates (subject to hydrolysis) is 1. The molecule has 1 amide bonds. The summed E-state index contributed by atoms with van der Waals surface area (Å²) in [5.41, 5.74) is 1.48. The van der Waals surface area contributed by atoms with Gasteiger partial charge in [0.2, 0.25) is 0 Å². The van der Waals surface area contributed by atoms with Crippen LogP contribution in [0, 0.1) is 0 Å². The summed E-state index contributed by atoms with van der Waals surface area (Å²) in [6.07, 6.45) is 8.19. The highest BCUT2D eigenvalue weighted by molar-refractivity contribution is 5.80. The SMILES string of the molecule is CCCCCCCCc1ccc(CC(NC(=O)OC(C)(C)C)C(=O)O)cc1. The van der Waals surface area contributed by atoms with Gasteiger partial charge in [-0.1, -0.05) is 63.3 Å². The molecular weight excluding hydrogens is 342 g/mol. The normalized spacial score (nSPS) is 12.4. The number of carbonyl (C=O) groups is 2. The second-order valence-corrected chi connectivity index (χ2v) is 8.08. The van der Waals surface area contributed by atoms with Crippen LogP contribution in [-0.2, 0) is 22.4 Å². The molecule has 0 aliphatic rings. The summed E-state index contributed by atoms with van der Waals surface area (Å²) in [7, 11) is 0. The van der Waals surface area contributed by atoms with Crippen LogP contribution >= 0.6 is 0 Å². The minimum atomic E-state index is -1.07. The molecule has 0 aliphatic carbocycles. The first-order valence-corrected chi connectivity index (χ1v) is 10.0. The van der Waals surface area contributed by atoms with Gasteiger partial charge in [0.05, 0.1) is 0 Å². The van der Waals surface area contributed by atoms with Crippen molar-refractivity contribution in [2.45, 2.75) is 90.7 Å². The third kappa shape index (κ3) is 10.6. The number of unbranched alkanes of at least 4 members (excludes halogenated alkanes) is 5. The second-order valence-electron chi connectivity index (χ2n) is 8.08. The number of aryl methyl sites for hydroxylation is 1. The number of benzene rings is 1. The van der Waals surface area contributed by atoms with Crippen molar-refractivity contribution in [3.8, 4) is 0 Å². The number of nitrogens with one attached hydrogen (secondary N) is 1. The van der Waals surface area contributed by atoms with Gasteiger partial charge >= 0.3 is 12.1 Å². The smallest absolute Gasteiger partial charge is 0.408 e. The van der Waals surface area contributed by atoms with E-state index in [2.05, 4.69) is 12.2 Å². The molecule has 2 N–H and O–H groups in total. The quantitative estimate of drug-likeness (QED) is 0.525. The Bertz CT molecular complexity index is 575. The van der Waals surface area contributed by atoms with E-state index in [1.54, 1.807) is 20.8 Å². The Morgan fingerprint density at radius 3 is 2.11 bits per heavy atom. The van der Waals surface area contributed by atoms with E-state index >= 15 is 0 Å². The van der Waals surface area contributed by atoms with E-state index in [4.69, 9.17) is 4.74 Å². The molecule has 0 spiro atoms. The van der Waals surface area contributed by atoms with Crippen LogP contribution in [0.2, 0.25) is 0 Å². The fourth-order valence-corrected chi connectivity index (χ4v) is 2.84. The number of amides is 1. The third-order valence-corrected chi connectivity index (χ3v) is 4.27. The maximum atomic E-state index is 11.8. The van der Waals surface area contributed by atoms with Gasteiger partial charge in [-0.15, -0.1) is 0 Å². The van der Waals surface area contributed by atoms with Gasteiger partial charge in [-0.3, -0.25) is 0 Å². The summed E-state index contributed by atoms with van der Waals surface area (Å²) in [6.45, 7) is 7.44. The van der Waals surface area contributed by atoms with Gasteiger partial charge in [-0.05, 0) is 44.7 Å². The lowest BCUT2D eigenvalue weighted by molar-refractivity contribution is -0.139. The number of rotatable bonds is 11. The van der Waals surface area contributed by atoms with E-state index < -0.39 is 23.7 Å². The summed E-state index contributed by atoms with van der Waals surface area (Å²) in [4.78, 5) is 23.3. The summed E-state index contributed by atoms with van der Waals surface area (Å²) < 4.78 is 5.14. The Hall–Kier alpha value is -2.04. The standard InChI is InChI=1S/C22H35NO4/c1-5-6-7-8-9-10-11-17-12-14-18(15-13-17)16-19(20(24)25)23-21(26)27-22(2,3)4/h12-15,19H,5-11,16H2,1-4H3,(H,23,26)(H,24,25). The summed E-state index contributed by atoms with van der Waals surface area (Å²) in [5.74, 6) is -1.07. The molecule has 0 saturated heterocycles. The van der Waals surface area contributed by atoms with Crippen LogP contribution in [0.3, 0.4) is 0 Å². The van der Waals surface area contributed by atoms with Crippen molar-refractivity contribution in [2.75, 3.05) is 0 Å². The van der Waals surface area contributed by atoms with E-state index in [0.717, 1.165) is 12.0 Å². The lowest BCUT2D eigenvalue weighted by Crippen LogP contribution is -2.44. The zero-order valence-electron chi connectivity index (χ0n) is 17.2. The van der Waals surface area contributed by atoms with Crippen molar-refractivity contribution >= 4 is 12.1 Å². The van der Waals surface area contributed by atoms with Crippen LogP contribution in [0.25, 0.3) is 0 Å². The summed E-state index contributed by atoms with van der Waals surface area (Å²) >= 11 is 0. The van der Waals surface area contributed by atoms with E-state index in [1.165, 1.54) is 44.1 Å². The van der Waals surface area contributed by atoms with Gasteiger partial charge in [0.1, 0.15) is 11.6 Å². The predicted molar refractivity (Wildman–Crippen MR) is 108 cm³/mol. The monoisotopic (exact) mass is 377 g/mol. The van der Waals surface area contributed by atoms with Gasteiger partial charge in [-0.2, -0.15) is 0 Å². The highest BCUT2D eigenvalue weighted by atomic mass is 16.6. The van der Waals surface area contributed by atoms with Gasteiger partial charge in [0.15, 0.2) is 0 Å². The lowest BCUT2D eigenvalue weighted by Gasteiger charge is -2.22. The van der Waals surface area contributed by atoms with Crippen molar-refractivity contribution in [1.82, 2.24) is 5.32 Å². The topological polar surface area (TPSA) is 75.6 Å². The molecule has 5 nitrogen and oxygen atoms in total. The molecule has 1 unspecified atom stereocenters. The van der Waals surface area contributed by atoms with E-state index in [9.17, 15) is 14.7 Å². The Morgan fingerprint density at radius 2 is 1.56 bits per heavy atom. The molecule has 0 aliphatic heterocycles. The Kier molecular flexibility index (Phi) is 9.90. The number of carboxylic acids is 1. The molecule has 0 aromatic heterocycles. The molecule has 152 valence electrons. The molecule has 0 radical (unpaired) electrons. The van der Waals surface area contributed by atoms with Gasteiger partial charge in [0, 0.05) is 6.42 Å². The first-order valence-electron chi connectivity index (χ1n) is 10.0. The maximum Gasteiger partial charge on any atom is 0.408 e. The number of hydrogen-bond acceptors (Lipinski definition) is 3. The number of ether oxygens (including phenoxy) is 1. The largest absolute Gasteiger partial charge is 0.480 e. The second kappa shape index (κ2) is 11.6. The van der Waals surface area contributed by atoms with Crippen molar-refractivity contribution in [3.05, 3.63) is 35.4 Å². The lowest BCUT2D eigenvalue weighted by atomic mass is 10.0. The molecule has 1 atom stereocenters. The zero-order chi connectivity index (χ0) is 20.3. The third-order valence-electron chi connectivity index (χ3n) is 4.27. The van der Waals surface area contributed by atoms with Gasteiger partial charge in [-0.25, -0.2) is 9.59 Å². The van der Waals surface area contributed by atoms with E-state index in [0.29, 0.717) is 0 Å². The van der Waals surface area contributed by atoms with E-state index in [1.807, 2.05) is 24.3 Å². The minimum Gasteiger partial charge on any atom is -0.480 e. The molecule has 1 rings (SSSR count). The highest BCUT2D eigenvalue weighted by Gasteiger charge is 2.24. The van der Waals surface area contributed by atoms with Gasteiger partial charge < -0.3 is 15.2 Å². The van der Waals surface area contributed by atoms with Crippen LogP contribution < -0.4 is 5.32 Å². The average molecular weight is 378 g/mol. The Morgan fingerprint density at radius 1 is 1.00 bits per heavy atom. The highest BCUT2D eigenvalue weighted by Crippen LogP contribution is 2.13. The average Bonchev–Trinajstić information content (AvgIpc) is 2.57. The fraction of sp³-hybridized carbons (Fsp3) is 0.636. The predicted octanol–water partition coefficient (Wildman–Crippen LogP) is 5.11. The zero-order valence-corrected chi connectivity index (χ0v) is 17.2. The fourth-order valence-electron chi connectivity index (χ4n) is 2.84. The minimum absolute atomic E-state index is 0.228. The Balaban J connectivity index is 2.48. The van der Waals surface area contributed by atoms with Crippen LogP contribution in [0.15, 0.2) is 24.3 Å². The number of carboxylic acid groups (broad SMARTS) is 1. The number of hydrogen-bond donors (Lipinski definition) is 2. The molecule has 5 heteroatoms. The molecule has 0 fully saturated rings. The Labute approximate surface area is 163 Å². The summed E-state index contributed by atoms with van der Waals surface area (Å²) in [6, 6.07) is 6.98. The number of aliphatic carboxylic acids is 1. The summed E-state index contributed by atoms with van der Waals surface area (Å²) in [5, 5.41) is 11.8. The molecule has 1 aromatic carbocycles. The molecular formula is C22H35NO4. The van der Waals surface area contributed by atoms with Gasteiger partial charge in [0.25, 0.3) is 0 Å². The molecule has 0 bridgehead atoms. The first kappa shape index (κ1) is 23.0. The molecule has 1 aromatic rings. The van der Waals surface area contributed by atoms with Crippen molar-refractivity contribution in [3.63, 3.8) is 0 Å². The van der Waals surface area contributed by atoms with Crippen molar-refractivity contribution in [2.24, 2.45) is 0 Å². The molecule has 27 heavy (non-hydrogen) atoms. The van der Waals surface area contributed by atoms with Crippen LogP contribution in [0.1, 0.15) is 77.3 Å². The van der Waals surface area contributed by atoms with Crippen LogP contribution in [-0.4, -0.2) is 28.8 Å². The number of carbonyl (C=O) groups excluding carboxylic acids is 1. The van der Waals surface area contributed by atoms with Crippen LogP contribution in [0.5, 0.6) is 0 Å². The molecule has 0 saturated carbocycles. The van der Waals surface area contributed by atoms with Crippen LogP contribution in [0.4, 0.5) is 4.79 Å². The maximum absolute atomic E-state index is 11.8. The molecule has 0 heterocycles. The van der Waals surface area contributed by atoms with Crippen molar-refractivity contribution < 1.29 is 19.4 Å². The van der Waals surface area contributed by atoms with E-state index in [-0.39, 0.29) is 6.42 Å². The first-order chi connectivity index (χ1) is 12.7.